The van der Waals surface area contributed by atoms with Gasteiger partial charge in [0.2, 0.25) is 9.84 Å². The van der Waals surface area contributed by atoms with Crippen LogP contribution in [0.2, 0.25) is 0 Å². The molecule has 3 rings (SSSR count). The van der Waals surface area contributed by atoms with Crippen LogP contribution in [0.15, 0.2) is 81.6 Å². The van der Waals surface area contributed by atoms with Crippen molar-refractivity contribution in [2.45, 2.75) is 23.8 Å². The zero-order chi connectivity index (χ0) is 19.3. The lowest BCUT2D eigenvalue weighted by Crippen LogP contribution is -2.21. The molecule has 0 aliphatic heterocycles. The van der Waals surface area contributed by atoms with Gasteiger partial charge in [0, 0.05) is 18.8 Å². The fourth-order valence-corrected chi connectivity index (χ4v) is 4.10. The molecule has 140 valence electrons. The first-order valence-corrected chi connectivity index (χ1v) is 10.4. The van der Waals surface area contributed by atoms with Crippen LogP contribution in [0.5, 0.6) is 0 Å². The monoisotopic (exact) mass is 381 g/mol. The smallest absolute Gasteiger partial charge is 0.221 e. The van der Waals surface area contributed by atoms with Gasteiger partial charge in [0.15, 0.2) is 0 Å². The van der Waals surface area contributed by atoms with E-state index in [2.05, 4.69) is 28.7 Å². The summed E-state index contributed by atoms with van der Waals surface area (Å²) in [6, 6.07) is 19.6. The number of aromatic amines is 1. The lowest BCUT2D eigenvalue weighted by Gasteiger charge is -2.20. The molecule has 3 aromatic rings. The number of nitrogens with one attached hydrogen (secondary N) is 1. The zero-order valence-corrected chi connectivity index (χ0v) is 16.3. The normalized spacial score (nSPS) is 11.8. The van der Waals surface area contributed by atoms with Crippen LogP contribution >= 0.6 is 0 Å². The molecule has 0 spiro atoms. The van der Waals surface area contributed by atoms with Crippen molar-refractivity contribution < 1.29 is 8.42 Å². The van der Waals surface area contributed by atoms with Crippen LogP contribution in [0.3, 0.4) is 0 Å². The number of aromatic nitrogens is 1. The number of rotatable bonds is 7. The average molecular weight is 382 g/mol. The molecule has 0 unspecified atom stereocenters. The first kappa shape index (κ1) is 18.9. The number of sulfone groups is 1. The van der Waals surface area contributed by atoms with Crippen LogP contribution in [0.25, 0.3) is 0 Å². The molecule has 6 heteroatoms. The second-order valence-electron chi connectivity index (χ2n) is 6.04. The molecule has 1 heterocycles. The Bertz CT molecular complexity index is 1000. The Hall–Kier alpha value is -2.86. The predicted molar refractivity (Wildman–Crippen MR) is 110 cm³/mol. The van der Waals surface area contributed by atoms with Crippen molar-refractivity contribution >= 4 is 27.4 Å². The summed E-state index contributed by atoms with van der Waals surface area (Å²) >= 11 is 0. The highest BCUT2D eigenvalue weighted by molar-refractivity contribution is 7.91. The molecule has 0 saturated heterocycles. The van der Waals surface area contributed by atoms with Gasteiger partial charge in [-0.1, -0.05) is 18.2 Å². The molecule has 0 aliphatic rings. The fraction of sp³-hybridized carbons (Fsp3) is 0.190. The molecule has 2 aromatic carbocycles. The fourth-order valence-electron chi connectivity index (χ4n) is 2.83. The van der Waals surface area contributed by atoms with Crippen molar-refractivity contribution in [3.05, 3.63) is 72.4 Å². The third-order valence-corrected chi connectivity index (χ3v) is 6.07. The molecule has 1 aromatic heterocycles. The summed E-state index contributed by atoms with van der Waals surface area (Å²) < 4.78 is 25.2. The summed E-state index contributed by atoms with van der Waals surface area (Å²) in [7, 11) is -3.54. The minimum atomic E-state index is -3.54. The molecule has 5 nitrogen and oxygen atoms in total. The predicted octanol–water partition coefficient (Wildman–Crippen LogP) is 4.44. The maximum absolute atomic E-state index is 12.6. The third kappa shape index (κ3) is 4.28. The van der Waals surface area contributed by atoms with Gasteiger partial charge in [0.25, 0.3) is 0 Å². The Morgan fingerprint density at radius 3 is 2.22 bits per heavy atom. The maximum atomic E-state index is 12.6. The summed E-state index contributed by atoms with van der Waals surface area (Å²) in [5.41, 5.74) is 2.61. The van der Waals surface area contributed by atoms with E-state index in [0.717, 1.165) is 24.5 Å². The number of nitrogens with zero attached hydrogens (tertiary/aromatic N) is 2. The van der Waals surface area contributed by atoms with Crippen LogP contribution in [0.4, 0.5) is 11.4 Å². The van der Waals surface area contributed by atoms with Gasteiger partial charge in [-0.15, -0.1) is 0 Å². The molecule has 0 bridgehead atoms. The van der Waals surface area contributed by atoms with E-state index in [1.165, 1.54) is 0 Å². The van der Waals surface area contributed by atoms with Crippen molar-refractivity contribution in [1.82, 2.24) is 4.98 Å². The van der Waals surface area contributed by atoms with E-state index in [-0.39, 0.29) is 9.92 Å². The van der Waals surface area contributed by atoms with Gasteiger partial charge in [-0.3, -0.25) is 4.99 Å². The van der Waals surface area contributed by atoms with Crippen LogP contribution in [-0.4, -0.2) is 32.7 Å². The lowest BCUT2D eigenvalue weighted by molar-refractivity contribution is 0.593. The first-order valence-electron chi connectivity index (χ1n) is 8.93. The van der Waals surface area contributed by atoms with Crippen LogP contribution in [0.1, 0.15) is 19.5 Å². The summed E-state index contributed by atoms with van der Waals surface area (Å²) in [5, 5.41) is 0.159. The van der Waals surface area contributed by atoms with Crippen molar-refractivity contribution in [3.63, 3.8) is 0 Å². The highest BCUT2D eigenvalue weighted by Crippen LogP contribution is 2.21. The maximum Gasteiger partial charge on any atom is 0.221 e. The van der Waals surface area contributed by atoms with Crippen molar-refractivity contribution in [2.75, 3.05) is 18.0 Å². The van der Waals surface area contributed by atoms with E-state index >= 15 is 0 Å². The van der Waals surface area contributed by atoms with Crippen molar-refractivity contribution in [1.29, 1.82) is 0 Å². The SMILES string of the molecule is CCN(CC)c1ccc(N=Cc2ccc(S(=O)(=O)c3ccccc3)[nH]2)cc1. The van der Waals surface area contributed by atoms with Gasteiger partial charge in [-0.25, -0.2) is 8.42 Å². The Morgan fingerprint density at radius 1 is 0.926 bits per heavy atom. The number of hydrogen-bond donors (Lipinski definition) is 1. The van der Waals surface area contributed by atoms with E-state index in [1.54, 1.807) is 48.7 Å². The summed E-state index contributed by atoms with van der Waals surface area (Å²) in [6.45, 7) is 6.17. The Kier molecular flexibility index (Phi) is 5.76. The molecule has 27 heavy (non-hydrogen) atoms. The van der Waals surface area contributed by atoms with Crippen molar-refractivity contribution in [2.24, 2.45) is 4.99 Å². The van der Waals surface area contributed by atoms with E-state index in [9.17, 15) is 8.42 Å². The molecule has 0 atom stereocenters. The largest absolute Gasteiger partial charge is 0.372 e. The quantitative estimate of drug-likeness (QED) is 0.615. The number of benzene rings is 2. The Labute approximate surface area is 160 Å². The second-order valence-corrected chi connectivity index (χ2v) is 7.96. The molecule has 0 radical (unpaired) electrons. The van der Waals surface area contributed by atoms with Crippen LogP contribution < -0.4 is 4.90 Å². The molecule has 1 N–H and O–H groups in total. The minimum Gasteiger partial charge on any atom is -0.372 e. The Morgan fingerprint density at radius 2 is 1.59 bits per heavy atom. The van der Waals surface area contributed by atoms with Gasteiger partial charge < -0.3 is 9.88 Å². The average Bonchev–Trinajstić information content (AvgIpc) is 3.19. The first-order chi connectivity index (χ1) is 13.0. The summed E-state index contributed by atoms with van der Waals surface area (Å²) in [6.07, 6.45) is 1.64. The van der Waals surface area contributed by atoms with Crippen LogP contribution in [0, 0.1) is 0 Å². The molecule has 0 aliphatic carbocycles. The topological polar surface area (TPSA) is 65.5 Å². The van der Waals surface area contributed by atoms with E-state index in [4.69, 9.17) is 0 Å². The highest BCUT2D eigenvalue weighted by Gasteiger charge is 2.18. The molecule has 0 amide bonds. The van der Waals surface area contributed by atoms with Crippen LogP contribution in [-0.2, 0) is 9.84 Å². The standard InChI is InChI=1S/C21H23N3O2S/c1-3-24(4-2)19-13-10-17(11-14-19)22-16-18-12-15-21(23-18)27(25,26)20-8-6-5-7-9-20/h5-16,23H,3-4H2,1-2H3. The van der Waals surface area contributed by atoms with E-state index in [1.807, 2.05) is 24.3 Å². The summed E-state index contributed by atoms with van der Waals surface area (Å²) in [5.74, 6) is 0. The number of hydrogen-bond acceptors (Lipinski definition) is 4. The third-order valence-electron chi connectivity index (χ3n) is 4.36. The summed E-state index contributed by atoms with van der Waals surface area (Å²) in [4.78, 5) is 9.88. The highest BCUT2D eigenvalue weighted by atomic mass is 32.2. The molecular formula is C21H23N3O2S. The number of H-pyrrole nitrogens is 1. The van der Waals surface area contributed by atoms with E-state index in [0.29, 0.717) is 5.69 Å². The second kappa shape index (κ2) is 8.22. The van der Waals surface area contributed by atoms with E-state index < -0.39 is 9.84 Å². The van der Waals surface area contributed by atoms with Crippen molar-refractivity contribution in [3.8, 4) is 0 Å². The molecule has 0 fully saturated rings. The van der Waals surface area contributed by atoms with Gasteiger partial charge in [0.1, 0.15) is 5.03 Å². The van der Waals surface area contributed by atoms with Gasteiger partial charge in [0.05, 0.1) is 22.5 Å². The van der Waals surface area contributed by atoms with Gasteiger partial charge >= 0.3 is 0 Å². The zero-order valence-electron chi connectivity index (χ0n) is 15.5. The number of aliphatic imine (C=N–C) groups is 1. The Balaban J connectivity index is 1.76. The van der Waals surface area contributed by atoms with Gasteiger partial charge in [-0.2, -0.15) is 0 Å². The number of anilines is 1. The lowest BCUT2D eigenvalue weighted by atomic mass is 10.2. The molecular weight excluding hydrogens is 358 g/mol. The minimum absolute atomic E-state index is 0.159. The molecule has 0 saturated carbocycles. The van der Waals surface area contributed by atoms with Gasteiger partial charge in [-0.05, 0) is 62.4 Å².